The molecule has 1 amide bonds. The van der Waals surface area contributed by atoms with Crippen molar-refractivity contribution in [2.24, 2.45) is 29.6 Å². The molecule has 1 aliphatic heterocycles. The van der Waals surface area contributed by atoms with Crippen molar-refractivity contribution in [1.82, 2.24) is 15.1 Å². The second kappa shape index (κ2) is 10.3. The molecule has 7 heteroatoms. The predicted octanol–water partition coefficient (Wildman–Crippen LogP) is 6.96. The first kappa shape index (κ1) is 24.8. The predicted molar refractivity (Wildman–Crippen MR) is 143 cm³/mol. The average molecular weight is 531 g/mol. The summed E-state index contributed by atoms with van der Waals surface area (Å²) in [6.45, 7) is 4.16. The summed E-state index contributed by atoms with van der Waals surface area (Å²) in [5.74, 6) is 4.98. The van der Waals surface area contributed by atoms with Crippen molar-refractivity contribution >= 4 is 29.1 Å². The minimum atomic E-state index is -0.0882. The Balaban J connectivity index is 1.15. The normalized spacial score (nSPS) is 29.6. The van der Waals surface area contributed by atoms with Gasteiger partial charge in [-0.3, -0.25) is 4.79 Å². The van der Waals surface area contributed by atoms with Gasteiger partial charge in [-0.1, -0.05) is 23.2 Å². The summed E-state index contributed by atoms with van der Waals surface area (Å²) in [4.78, 5) is 13.3. The maximum atomic E-state index is 13.3. The highest BCUT2D eigenvalue weighted by atomic mass is 35.5. The van der Waals surface area contributed by atoms with Crippen LogP contribution in [-0.4, -0.2) is 35.4 Å². The molecule has 2 aromatic rings. The monoisotopic (exact) mass is 529 g/mol. The van der Waals surface area contributed by atoms with Gasteiger partial charge in [0.05, 0.1) is 16.4 Å². The standard InChI is InChI=1S/C29H37Cl2N3O2/c1-17-27(29(35)32-8-2-3-24-21-12-18-11-19(14-21)15-22(24)13-18)33-34(26-5-4-23(30)16-25(26)31)28(17)20-6-9-36-10-7-20/h4-5,16,18-22,24H,2-3,6-15H2,1H3,(H,32,35). The van der Waals surface area contributed by atoms with Gasteiger partial charge in [0, 0.05) is 36.3 Å². The first-order valence-electron chi connectivity index (χ1n) is 13.9. The van der Waals surface area contributed by atoms with Crippen LogP contribution in [0.4, 0.5) is 0 Å². The topological polar surface area (TPSA) is 56.2 Å². The van der Waals surface area contributed by atoms with Gasteiger partial charge in [0.1, 0.15) is 0 Å². The van der Waals surface area contributed by atoms with E-state index in [-0.39, 0.29) is 11.8 Å². The molecule has 1 aromatic heterocycles. The number of hydrogen-bond donors (Lipinski definition) is 1. The number of benzene rings is 1. The Bertz CT molecular complexity index is 1100. The van der Waals surface area contributed by atoms with Crippen LogP contribution in [0.5, 0.6) is 0 Å². The zero-order chi connectivity index (χ0) is 24.8. The smallest absolute Gasteiger partial charge is 0.272 e. The average Bonchev–Trinajstić information content (AvgIpc) is 3.20. The highest BCUT2D eigenvalue weighted by Gasteiger charge is 2.47. The fourth-order valence-corrected chi connectivity index (χ4v) is 8.63. The molecule has 4 saturated carbocycles. The van der Waals surface area contributed by atoms with Gasteiger partial charge in [-0.25, -0.2) is 4.68 Å². The van der Waals surface area contributed by atoms with Crippen LogP contribution in [-0.2, 0) is 4.74 Å². The molecule has 5 fully saturated rings. The highest BCUT2D eigenvalue weighted by Crippen LogP contribution is 2.57. The summed E-state index contributed by atoms with van der Waals surface area (Å²) in [5, 5.41) is 9.11. The van der Waals surface area contributed by atoms with Crippen molar-refractivity contribution in [2.75, 3.05) is 19.8 Å². The first-order chi connectivity index (χ1) is 17.5. The van der Waals surface area contributed by atoms with Crippen molar-refractivity contribution in [1.29, 1.82) is 0 Å². The zero-order valence-electron chi connectivity index (χ0n) is 21.1. The lowest BCUT2D eigenvalue weighted by molar-refractivity contribution is -0.0401. The Morgan fingerprint density at radius 2 is 1.78 bits per heavy atom. The quantitative estimate of drug-likeness (QED) is 0.394. The third-order valence-corrected chi connectivity index (χ3v) is 10.1. The first-order valence-corrected chi connectivity index (χ1v) is 14.6. The van der Waals surface area contributed by atoms with E-state index in [0.29, 0.717) is 22.3 Å². The molecule has 5 nitrogen and oxygen atoms in total. The maximum absolute atomic E-state index is 13.3. The van der Waals surface area contributed by atoms with Crippen LogP contribution in [0.15, 0.2) is 18.2 Å². The Labute approximate surface area is 224 Å². The molecule has 36 heavy (non-hydrogen) atoms. The van der Waals surface area contributed by atoms with Gasteiger partial charge in [0.15, 0.2) is 5.69 Å². The second-order valence-corrected chi connectivity index (χ2v) is 12.6. The summed E-state index contributed by atoms with van der Waals surface area (Å²) >= 11 is 12.7. The van der Waals surface area contributed by atoms with Gasteiger partial charge < -0.3 is 10.1 Å². The fraction of sp³-hybridized carbons (Fsp3) is 0.655. The van der Waals surface area contributed by atoms with E-state index < -0.39 is 0 Å². The molecule has 1 N–H and O–H groups in total. The number of hydrogen-bond acceptors (Lipinski definition) is 3. The Morgan fingerprint density at radius 1 is 1.08 bits per heavy atom. The third kappa shape index (κ3) is 4.72. The molecule has 1 aromatic carbocycles. The molecule has 0 radical (unpaired) electrons. The number of carbonyl (C=O) groups is 1. The van der Waals surface area contributed by atoms with E-state index in [0.717, 1.165) is 79.0 Å². The van der Waals surface area contributed by atoms with E-state index in [2.05, 4.69) is 5.32 Å². The molecule has 4 aliphatic carbocycles. The third-order valence-electron chi connectivity index (χ3n) is 9.55. The highest BCUT2D eigenvalue weighted by molar-refractivity contribution is 6.35. The molecule has 5 aliphatic rings. The number of ether oxygens (including phenoxy) is 1. The van der Waals surface area contributed by atoms with Crippen LogP contribution in [0.1, 0.15) is 85.5 Å². The van der Waals surface area contributed by atoms with Crippen molar-refractivity contribution in [3.8, 4) is 5.69 Å². The number of aromatic nitrogens is 2. The van der Waals surface area contributed by atoms with Gasteiger partial charge in [-0.2, -0.15) is 5.10 Å². The van der Waals surface area contributed by atoms with Gasteiger partial charge in [-0.15, -0.1) is 0 Å². The molecule has 2 heterocycles. The SMILES string of the molecule is Cc1c(C(=O)NCCCC2C3CC4CC(C3)CC2C4)nn(-c2ccc(Cl)cc2Cl)c1C1CCOCC1. The summed E-state index contributed by atoms with van der Waals surface area (Å²) in [5.41, 5.74) is 3.25. The van der Waals surface area contributed by atoms with Crippen molar-refractivity contribution in [3.63, 3.8) is 0 Å². The minimum Gasteiger partial charge on any atom is -0.381 e. The zero-order valence-corrected chi connectivity index (χ0v) is 22.7. The molecule has 194 valence electrons. The number of nitrogens with one attached hydrogen (secondary N) is 1. The summed E-state index contributed by atoms with van der Waals surface area (Å²) < 4.78 is 7.47. The molecule has 4 bridgehead atoms. The number of nitrogens with zero attached hydrogens (tertiary/aromatic N) is 2. The minimum absolute atomic E-state index is 0.0882. The Morgan fingerprint density at radius 3 is 2.44 bits per heavy atom. The number of amides is 1. The van der Waals surface area contributed by atoms with E-state index in [1.54, 1.807) is 6.07 Å². The Kier molecular flexibility index (Phi) is 7.09. The van der Waals surface area contributed by atoms with Crippen LogP contribution >= 0.6 is 23.2 Å². The molecular weight excluding hydrogens is 493 g/mol. The van der Waals surface area contributed by atoms with Crippen molar-refractivity contribution in [2.45, 2.75) is 70.6 Å². The van der Waals surface area contributed by atoms with Crippen LogP contribution in [0, 0.1) is 36.5 Å². The van der Waals surface area contributed by atoms with Gasteiger partial charge >= 0.3 is 0 Å². The fourth-order valence-electron chi connectivity index (χ4n) is 8.14. The largest absolute Gasteiger partial charge is 0.381 e. The van der Waals surface area contributed by atoms with Crippen molar-refractivity contribution in [3.05, 3.63) is 45.2 Å². The van der Waals surface area contributed by atoms with Gasteiger partial charge in [0.2, 0.25) is 0 Å². The number of halogens is 2. The van der Waals surface area contributed by atoms with Crippen LogP contribution in [0.25, 0.3) is 5.69 Å². The molecule has 7 rings (SSSR count). The van der Waals surface area contributed by atoms with Crippen LogP contribution in [0.2, 0.25) is 10.0 Å². The lowest BCUT2D eigenvalue weighted by Crippen LogP contribution is -2.45. The lowest BCUT2D eigenvalue weighted by Gasteiger charge is -2.54. The van der Waals surface area contributed by atoms with Crippen LogP contribution < -0.4 is 5.32 Å². The van der Waals surface area contributed by atoms with E-state index in [1.807, 2.05) is 23.7 Å². The molecule has 0 unspecified atom stereocenters. The molecule has 0 atom stereocenters. The van der Waals surface area contributed by atoms with Gasteiger partial charge in [0.25, 0.3) is 5.91 Å². The van der Waals surface area contributed by atoms with Crippen LogP contribution in [0.3, 0.4) is 0 Å². The van der Waals surface area contributed by atoms with E-state index >= 15 is 0 Å². The summed E-state index contributed by atoms with van der Waals surface area (Å²) in [6.07, 6.45) is 11.5. The molecular formula is C29H37Cl2N3O2. The van der Waals surface area contributed by atoms with E-state index in [9.17, 15) is 4.79 Å². The molecule has 0 spiro atoms. The van der Waals surface area contributed by atoms with E-state index in [4.69, 9.17) is 33.0 Å². The molecule has 1 saturated heterocycles. The summed E-state index contributed by atoms with van der Waals surface area (Å²) in [6, 6.07) is 5.43. The second-order valence-electron chi connectivity index (χ2n) is 11.7. The van der Waals surface area contributed by atoms with E-state index in [1.165, 1.54) is 38.5 Å². The Hall–Kier alpha value is -1.56. The van der Waals surface area contributed by atoms with Gasteiger partial charge in [-0.05, 0) is 112 Å². The summed E-state index contributed by atoms with van der Waals surface area (Å²) in [7, 11) is 0. The van der Waals surface area contributed by atoms with Crippen molar-refractivity contribution < 1.29 is 9.53 Å². The lowest BCUT2D eigenvalue weighted by atomic mass is 9.51. The number of rotatable bonds is 7. The maximum Gasteiger partial charge on any atom is 0.272 e. The number of carbonyl (C=O) groups excluding carboxylic acids is 1.